The number of amides is 1. The summed E-state index contributed by atoms with van der Waals surface area (Å²) in [5, 5.41) is 3.31. The Morgan fingerprint density at radius 2 is 2.15 bits per heavy atom. The van der Waals surface area contributed by atoms with Crippen LogP contribution in [0.5, 0.6) is 0 Å². The summed E-state index contributed by atoms with van der Waals surface area (Å²) in [6.07, 6.45) is 7.47. The van der Waals surface area contributed by atoms with E-state index in [-0.39, 0.29) is 17.4 Å². The Kier molecular flexibility index (Phi) is 3.45. The molecule has 3 nitrogen and oxygen atoms in total. The fourth-order valence-electron chi connectivity index (χ4n) is 3.89. The molecule has 0 radical (unpaired) electrons. The molecular formula is C17H24N2O. The van der Waals surface area contributed by atoms with Crippen LogP contribution in [-0.4, -0.2) is 5.91 Å². The molecule has 1 unspecified atom stereocenters. The SMILES string of the molecule is CCC1(C(=O)NC2CCc3cc(N)ccc32)CCCC1. The van der Waals surface area contributed by atoms with E-state index in [0.29, 0.717) is 0 Å². The lowest BCUT2D eigenvalue weighted by atomic mass is 9.82. The fraction of sp³-hybridized carbons (Fsp3) is 0.588. The highest BCUT2D eigenvalue weighted by molar-refractivity contribution is 5.83. The number of benzene rings is 1. The number of nitrogen functional groups attached to an aromatic ring is 1. The van der Waals surface area contributed by atoms with Gasteiger partial charge in [0.1, 0.15) is 0 Å². The third-order valence-corrected chi connectivity index (χ3v) is 5.27. The van der Waals surface area contributed by atoms with Gasteiger partial charge in [0.15, 0.2) is 0 Å². The van der Waals surface area contributed by atoms with E-state index in [1.54, 1.807) is 0 Å². The minimum atomic E-state index is -0.101. The Balaban J connectivity index is 1.75. The first-order valence-corrected chi connectivity index (χ1v) is 7.84. The molecule has 0 aromatic heterocycles. The van der Waals surface area contributed by atoms with E-state index in [4.69, 9.17) is 5.73 Å². The molecule has 20 heavy (non-hydrogen) atoms. The summed E-state index contributed by atoms with van der Waals surface area (Å²) >= 11 is 0. The molecule has 1 amide bonds. The van der Waals surface area contributed by atoms with Crippen LogP contribution in [0, 0.1) is 5.41 Å². The second-order valence-corrected chi connectivity index (χ2v) is 6.36. The second-order valence-electron chi connectivity index (χ2n) is 6.36. The van der Waals surface area contributed by atoms with Crippen molar-refractivity contribution in [2.24, 2.45) is 5.41 Å². The van der Waals surface area contributed by atoms with Gasteiger partial charge in [0, 0.05) is 11.1 Å². The molecule has 1 atom stereocenters. The molecule has 0 spiro atoms. The molecule has 1 aromatic rings. The monoisotopic (exact) mass is 272 g/mol. The molecule has 0 heterocycles. The van der Waals surface area contributed by atoms with Crippen molar-refractivity contribution in [3.05, 3.63) is 29.3 Å². The Labute approximate surface area is 120 Å². The van der Waals surface area contributed by atoms with Crippen molar-refractivity contribution in [2.75, 3.05) is 5.73 Å². The van der Waals surface area contributed by atoms with E-state index in [1.165, 1.54) is 24.0 Å². The molecule has 3 heteroatoms. The Bertz CT molecular complexity index is 518. The number of nitrogens with two attached hydrogens (primary N) is 1. The number of carbonyl (C=O) groups excluding carboxylic acids is 1. The van der Waals surface area contributed by atoms with Crippen molar-refractivity contribution in [1.82, 2.24) is 5.32 Å². The van der Waals surface area contributed by atoms with Crippen LogP contribution in [0.1, 0.15) is 62.6 Å². The smallest absolute Gasteiger partial charge is 0.226 e. The standard InChI is InChI=1S/C17H24N2O/c1-2-17(9-3-4-10-17)16(20)19-15-8-5-12-11-13(18)6-7-14(12)15/h6-7,11,15H,2-5,8-10,18H2,1H3,(H,19,20). The van der Waals surface area contributed by atoms with Crippen LogP contribution in [0.4, 0.5) is 5.69 Å². The van der Waals surface area contributed by atoms with Gasteiger partial charge >= 0.3 is 0 Å². The van der Waals surface area contributed by atoms with Crippen LogP contribution in [0.15, 0.2) is 18.2 Å². The number of anilines is 1. The molecule has 2 aliphatic rings. The Morgan fingerprint density at radius 1 is 1.40 bits per heavy atom. The van der Waals surface area contributed by atoms with Crippen molar-refractivity contribution in [3.63, 3.8) is 0 Å². The summed E-state index contributed by atoms with van der Waals surface area (Å²) in [5.74, 6) is 0.271. The summed E-state index contributed by atoms with van der Waals surface area (Å²) < 4.78 is 0. The zero-order valence-corrected chi connectivity index (χ0v) is 12.2. The molecule has 3 rings (SSSR count). The maximum Gasteiger partial charge on any atom is 0.226 e. The Morgan fingerprint density at radius 3 is 2.85 bits per heavy atom. The molecule has 1 aromatic carbocycles. The molecule has 0 saturated heterocycles. The molecule has 1 saturated carbocycles. The van der Waals surface area contributed by atoms with Crippen molar-refractivity contribution in [2.45, 2.75) is 57.9 Å². The molecule has 108 valence electrons. The van der Waals surface area contributed by atoms with Crippen molar-refractivity contribution in [3.8, 4) is 0 Å². The van der Waals surface area contributed by atoms with E-state index in [9.17, 15) is 4.79 Å². The van der Waals surface area contributed by atoms with Crippen LogP contribution in [0.25, 0.3) is 0 Å². The normalized spacial score (nSPS) is 23.6. The lowest BCUT2D eigenvalue weighted by Gasteiger charge is -2.28. The summed E-state index contributed by atoms with van der Waals surface area (Å²) in [5.41, 5.74) is 9.11. The van der Waals surface area contributed by atoms with E-state index < -0.39 is 0 Å². The van der Waals surface area contributed by atoms with Crippen LogP contribution in [-0.2, 0) is 11.2 Å². The van der Waals surface area contributed by atoms with Gasteiger partial charge in [-0.1, -0.05) is 25.8 Å². The van der Waals surface area contributed by atoms with Crippen LogP contribution < -0.4 is 11.1 Å². The van der Waals surface area contributed by atoms with Crippen molar-refractivity contribution in [1.29, 1.82) is 0 Å². The predicted octanol–water partition coefficient (Wildman–Crippen LogP) is 3.34. The van der Waals surface area contributed by atoms with Crippen LogP contribution in [0.3, 0.4) is 0 Å². The minimum Gasteiger partial charge on any atom is -0.399 e. The number of aryl methyl sites for hydroxylation is 1. The van der Waals surface area contributed by atoms with Gasteiger partial charge in [-0.15, -0.1) is 0 Å². The lowest BCUT2D eigenvalue weighted by Crippen LogP contribution is -2.40. The van der Waals surface area contributed by atoms with E-state index in [1.807, 2.05) is 12.1 Å². The number of hydrogen-bond donors (Lipinski definition) is 2. The predicted molar refractivity (Wildman–Crippen MR) is 81.3 cm³/mol. The van der Waals surface area contributed by atoms with Gasteiger partial charge in [0.25, 0.3) is 0 Å². The molecule has 3 N–H and O–H groups in total. The number of fused-ring (bicyclic) bond motifs is 1. The Hall–Kier alpha value is -1.51. The van der Waals surface area contributed by atoms with E-state index in [0.717, 1.165) is 37.8 Å². The van der Waals surface area contributed by atoms with E-state index >= 15 is 0 Å². The number of nitrogens with one attached hydrogen (secondary N) is 1. The average Bonchev–Trinajstić information content (AvgIpc) is 3.06. The number of rotatable bonds is 3. The van der Waals surface area contributed by atoms with Crippen molar-refractivity contribution < 1.29 is 4.79 Å². The van der Waals surface area contributed by atoms with Crippen LogP contribution in [0.2, 0.25) is 0 Å². The largest absolute Gasteiger partial charge is 0.399 e. The van der Waals surface area contributed by atoms with E-state index in [2.05, 4.69) is 18.3 Å². The maximum absolute atomic E-state index is 12.7. The fourth-order valence-corrected chi connectivity index (χ4v) is 3.89. The lowest BCUT2D eigenvalue weighted by molar-refractivity contribution is -0.131. The second kappa shape index (κ2) is 5.12. The highest BCUT2D eigenvalue weighted by atomic mass is 16.2. The first kappa shape index (κ1) is 13.5. The summed E-state index contributed by atoms with van der Waals surface area (Å²) in [6.45, 7) is 2.15. The molecule has 0 aliphatic heterocycles. The molecule has 1 fully saturated rings. The van der Waals surface area contributed by atoms with Gasteiger partial charge in [-0.05, 0) is 55.4 Å². The molecule has 2 aliphatic carbocycles. The molecular weight excluding hydrogens is 248 g/mol. The number of hydrogen-bond acceptors (Lipinski definition) is 2. The summed E-state index contributed by atoms with van der Waals surface area (Å²) in [4.78, 5) is 12.7. The average molecular weight is 272 g/mol. The minimum absolute atomic E-state index is 0.101. The highest BCUT2D eigenvalue weighted by Gasteiger charge is 2.40. The van der Waals surface area contributed by atoms with Crippen LogP contribution >= 0.6 is 0 Å². The first-order valence-electron chi connectivity index (χ1n) is 7.84. The van der Waals surface area contributed by atoms with Gasteiger partial charge in [-0.25, -0.2) is 0 Å². The summed E-state index contributed by atoms with van der Waals surface area (Å²) in [7, 11) is 0. The zero-order chi connectivity index (χ0) is 14.2. The maximum atomic E-state index is 12.7. The summed E-state index contributed by atoms with van der Waals surface area (Å²) in [6, 6.07) is 6.25. The third-order valence-electron chi connectivity index (χ3n) is 5.27. The highest BCUT2D eigenvalue weighted by Crippen LogP contribution is 2.42. The quantitative estimate of drug-likeness (QED) is 0.829. The van der Waals surface area contributed by atoms with Crippen molar-refractivity contribution >= 4 is 11.6 Å². The topological polar surface area (TPSA) is 55.1 Å². The van der Waals surface area contributed by atoms with Gasteiger partial charge in [0.05, 0.1) is 6.04 Å². The van der Waals surface area contributed by atoms with Gasteiger partial charge < -0.3 is 11.1 Å². The van der Waals surface area contributed by atoms with Gasteiger partial charge in [-0.2, -0.15) is 0 Å². The zero-order valence-electron chi connectivity index (χ0n) is 12.2. The van der Waals surface area contributed by atoms with Gasteiger partial charge in [0.2, 0.25) is 5.91 Å². The van der Waals surface area contributed by atoms with Gasteiger partial charge in [-0.3, -0.25) is 4.79 Å². The first-order chi connectivity index (χ1) is 9.64. The molecule has 0 bridgehead atoms. The third kappa shape index (κ3) is 2.19. The number of carbonyl (C=O) groups is 1.